The maximum Gasteiger partial charge on any atom is 4.00 e. The number of hydrogen-bond donors (Lipinski definition) is 6. The molecule has 21 heavy (non-hydrogen) atoms. The number of hydrogen-bond acceptors (Lipinski definition) is 10. The van der Waals surface area contributed by atoms with Gasteiger partial charge in [-0.25, -0.2) is 9.59 Å². The van der Waals surface area contributed by atoms with Crippen LogP contribution in [0.25, 0.3) is 0 Å². The van der Waals surface area contributed by atoms with Crippen molar-refractivity contribution >= 4 is 11.9 Å². The van der Waals surface area contributed by atoms with Crippen LogP contribution < -0.4 is 12.3 Å². The topological polar surface area (TPSA) is 368 Å². The van der Waals surface area contributed by atoms with Crippen molar-refractivity contribution in [1.29, 1.82) is 0 Å². The second-order valence-electron chi connectivity index (χ2n) is 2.03. The van der Waals surface area contributed by atoms with Crippen molar-refractivity contribution in [3.63, 3.8) is 0 Å². The molecule has 2 unspecified atom stereocenters. The monoisotopic (exact) mass is 366 g/mol. The quantitative estimate of drug-likeness (QED) is 0.307. The minimum absolute atomic E-state index is 0. The van der Waals surface area contributed by atoms with Gasteiger partial charge in [0.15, 0.2) is 0 Å². The molecular weight excluding hydrogens is 340 g/mol. The van der Waals surface area contributed by atoms with Crippen molar-refractivity contribution < 1.29 is 84.6 Å². The van der Waals surface area contributed by atoms with Crippen LogP contribution >= 0.6 is 0 Å². The van der Waals surface area contributed by atoms with E-state index in [0.717, 1.165) is 0 Å². The van der Waals surface area contributed by atoms with Gasteiger partial charge in [0.1, 0.15) is 12.2 Å². The Balaban J connectivity index is -0.00000000741. The third-order valence-corrected chi connectivity index (χ3v) is 0.715. The van der Waals surface area contributed by atoms with Crippen molar-refractivity contribution in [2.45, 2.75) is 26.1 Å². The van der Waals surface area contributed by atoms with Crippen LogP contribution in [0.3, 0.4) is 0 Å². The standard InChI is InChI=1S/2C3H6O3.2H3N.6H2O.Ti/c2*1-2(4)3(5)6;;;;;;;;;/h2*2,4H,1H3,(H,5,6);2*1H3;6*1H2;/q;;;;;;;;;;+4/p-4. The number of carboxylic acid groups (broad SMARTS) is 2. The molecule has 0 saturated carbocycles. The fourth-order valence-corrected chi connectivity index (χ4v) is 0. The number of carbonyl (C=O) groups is 2. The SMILES string of the molecule is CC(O)C(=O)O.CC(O)C(=O)O.[NH4+].[NH4+].[OH-].[OH-].[OH-].[OH-].[OH-].[OH-].[Ti+4]. The first-order valence-corrected chi connectivity index (χ1v) is 3.10. The number of aliphatic hydroxyl groups is 2. The first-order valence-electron chi connectivity index (χ1n) is 3.10. The van der Waals surface area contributed by atoms with Gasteiger partial charge in [0.05, 0.1) is 0 Å². The summed E-state index contributed by atoms with van der Waals surface area (Å²) in [6.07, 6.45) is -2.46. The van der Waals surface area contributed by atoms with E-state index in [2.05, 4.69) is 0 Å². The molecule has 0 radical (unpaired) electrons. The van der Waals surface area contributed by atoms with Crippen LogP contribution in [0.4, 0.5) is 0 Å². The van der Waals surface area contributed by atoms with E-state index in [9.17, 15) is 9.59 Å². The van der Waals surface area contributed by atoms with Gasteiger partial charge < -0.3 is 65.6 Å². The molecule has 0 aromatic rings. The number of aliphatic hydroxyl groups excluding tert-OH is 2. The molecule has 0 aromatic heterocycles. The maximum atomic E-state index is 9.45. The van der Waals surface area contributed by atoms with Gasteiger partial charge in [-0.2, -0.15) is 0 Å². The molecule has 0 aliphatic carbocycles. The van der Waals surface area contributed by atoms with Crippen LogP contribution in [0, 0.1) is 0 Å². The first-order chi connectivity index (χ1) is 5.29. The molecule has 18 N–H and O–H groups in total. The molecule has 0 spiro atoms. The van der Waals surface area contributed by atoms with Crippen molar-refractivity contribution in [3.05, 3.63) is 0 Å². The Morgan fingerprint density at radius 2 is 0.714 bits per heavy atom. The third-order valence-electron chi connectivity index (χ3n) is 0.715. The minimum Gasteiger partial charge on any atom is -0.870 e. The maximum absolute atomic E-state index is 9.45. The van der Waals surface area contributed by atoms with Crippen molar-refractivity contribution in [3.8, 4) is 0 Å². The molecule has 0 aromatic carbocycles. The Morgan fingerprint density at radius 3 is 0.714 bits per heavy atom. The molecule has 0 heterocycles. The third kappa shape index (κ3) is 109. The van der Waals surface area contributed by atoms with E-state index in [1.165, 1.54) is 13.8 Å². The van der Waals surface area contributed by atoms with Gasteiger partial charge in [0.2, 0.25) is 0 Å². The molecule has 0 fully saturated rings. The Kier molecular flexibility index (Phi) is 211. The van der Waals surface area contributed by atoms with Gasteiger partial charge in [-0.1, -0.05) is 0 Å². The average Bonchev–Trinajstić information content (AvgIpc) is 1.88. The molecule has 136 valence electrons. The molecule has 0 amide bonds. The van der Waals surface area contributed by atoms with Crippen molar-refractivity contribution in [2.75, 3.05) is 0 Å². The van der Waals surface area contributed by atoms with E-state index in [1.807, 2.05) is 0 Å². The second-order valence-corrected chi connectivity index (χ2v) is 2.03. The summed E-state index contributed by atoms with van der Waals surface area (Å²) in [6, 6.07) is 0. The fourth-order valence-electron chi connectivity index (χ4n) is 0. The summed E-state index contributed by atoms with van der Waals surface area (Å²) in [6.45, 7) is 2.39. The van der Waals surface area contributed by atoms with Crippen molar-refractivity contribution in [2.24, 2.45) is 0 Å². The van der Waals surface area contributed by atoms with E-state index in [4.69, 9.17) is 20.4 Å². The van der Waals surface area contributed by atoms with Gasteiger partial charge >= 0.3 is 33.7 Å². The summed E-state index contributed by atoms with van der Waals surface area (Å²) in [5.41, 5.74) is 0. The van der Waals surface area contributed by atoms with E-state index in [0.29, 0.717) is 0 Å². The first kappa shape index (κ1) is 87.7. The molecule has 15 heteroatoms. The smallest absolute Gasteiger partial charge is 0.870 e. The van der Waals surface area contributed by atoms with Gasteiger partial charge in [-0.3, -0.25) is 0 Å². The summed E-state index contributed by atoms with van der Waals surface area (Å²) in [5, 5.41) is 31.5. The summed E-state index contributed by atoms with van der Waals surface area (Å²) in [5.74, 6) is -2.37. The molecular formula is C6H26N2O12Ti. The van der Waals surface area contributed by atoms with Gasteiger partial charge in [0.25, 0.3) is 0 Å². The molecule has 14 nitrogen and oxygen atoms in total. The molecule has 0 aliphatic rings. The predicted molar refractivity (Wildman–Crippen MR) is 62.2 cm³/mol. The van der Waals surface area contributed by atoms with Crippen LogP contribution in [0.15, 0.2) is 0 Å². The van der Waals surface area contributed by atoms with Crippen LogP contribution in [-0.2, 0) is 31.3 Å². The number of rotatable bonds is 2. The Hall–Kier alpha value is -0.746. The van der Waals surface area contributed by atoms with Gasteiger partial charge in [-0.15, -0.1) is 0 Å². The number of aliphatic carboxylic acids is 2. The Morgan fingerprint density at radius 1 is 0.667 bits per heavy atom. The summed E-state index contributed by atoms with van der Waals surface area (Å²) >= 11 is 0. The molecule has 0 bridgehead atoms. The zero-order valence-corrected chi connectivity index (χ0v) is 13.5. The summed E-state index contributed by atoms with van der Waals surface area (Å²) in [4.78, 5) is 18.9. The largest absolute Gasteiger partial charge is 4.00 e. The Labute approximate surface area is 135 Å². The molecule has 0 saturated heterocycles. The molecule has 2 atom stereocenters. The predicted octanol–water partition coefficient (Wildman–Crippen LogP) is -1.41. The molecule has 0 aliphatic heterocycles. The summed E-state index contributed by atoms with van der Waals surface area (Å²) in [7, 11) is 0. The number of quaternary nitrogens is 2. The second kappa shape index (κ2) is 50.7. The van der Waals surface area contributed by atoms with Crippen LogP contribution in [0.5, 0.6) is 0 Å². The van der Waals surface area contributed by atoms with Crippen LogP contribution in [0.2, 0.25) is 0 Å². The molecule has 0 rings (SSSR count). The van der Waals surface area contributed by atoms with E-state index in [1.54, 1.807) is 0 Å². The van der Waals surface area contributed by atoms with E-state index in [-0.39, 0.29) is 66.9 Å². The van der Waals surface area contributed by atoms with Gasteiger partial charge in [-0.05, 0) is 13.8 Å². The van der Waals surface area contributed by atoms with Crippen LogP contribution in [-0.4, -0.2) is 77.4 Å². The Bertz CT molecular complexity index is 152. The minimum atomic E-state index is -1.23. The number of carboxylic acids is 2. The van der Waals surface area contributed by atoms with Crippen molar-refractivity contribution in [1.82, 2.24) is 12.3 Å². The van der Waals surface area contributed by atoms with Crippen LogP contribution in [0.1, 0.15) is 13.8 Å². The van der Waals surface area contributed by atoms with E-state index >= 15 is 0 Å². The normalized spacial score (nSPS) is 7.81. The zero-order chi connectivity index (χ0) is 10.3. The van der Waals surface area contributed by atoms with E-state index < -0.39 is 24.1 Å². The summed E-state index contributed by atoms with van der Waals surface area (Å²) < 4.78 is 0. The van der Waals surface area contributed by atoms with Gasteiger partial charge in [0, 0.05) is 0 Å². The zero-order valence-electron chi connectivity index (χ0n) is 11.9. The average molecular weight is 366 g/mol. The fraction of sp³-hybridized carbons (Fsp3) is 0.667.